The summed E-state index contributed by atoms with van der Waals surface area (Å²) in [7, 11) is 0. The van der Waals surface area contributed by atoms with Gasteiger partial charge in [0.2, 0.25) is 0 Å². The Morgan fingerprint density at radius 1 is 0.806 bits per heavy atom. The number of ether oxygens (including phenoxy) is 2. The van der Waals surface area contributed by atoms with Gasteiger partial charge in [0.1, 0.15) is 11.0 Å². The van der Waals surface area contributed by atoms with Crippen LogP contribution in [0.2, 0.25) is 5.15 Å². The number of hydrogen-bond acceptors (Lipinski definition) is 5. The van der Waals surface area contributed by atoms with Gasteiger partial charge >= 0.3 is 0 Å². The third-order valence-electron chi connectivity index (χ3n) is 4.83. The van der Waals surface area contributed by atoms with Gasteiger partial charge in [-0.2, -0.15) is 0 Å². The van der Waals surface area contributed by atoms with Gasteiger partial charge in [-0.05, 0) is 103 Å². The maximum atomic E-state index is 5.68. The predicted octanol–water partition coefficient (Wildman–Crippen LogP) is 6.92. The third-order valence-corrected chi connectivity index (χ3v) is 5.99. The highest BCUT2D eigenvalue weighted by atomic mass is 79.9. The number of aromatic nitrogens is 2. The van der Waals surface area contributed by atoms with E-state index in [1.807, 2.05) is 24.4 Å². The summed E-state index contributed by atoms with van der Waals surface area (Å²) in [4.78, 5) is 10.5. The van der Waals surface area contributed by atoms with E-state index >= 15 is 0 Å². The third kappa shape index (κ3) is 10.6. The molecule has 5 nitrogen and oxygen atoms in total. The minimum Gasteiger partial charge on any atom is -0.376 e. The molecule has 0 spiro atoms. The molecule has 0 N–H and O–H groups in total. The van der Waals surface area contributed by atoms with Gasteiger partial charge in [-0.25, -0.2) is 9.97 Å². The number of pyridine rings is 2. The molecule has 0 unspecified atom stereocenters. The molecule has 0 aliphatic carbocycles. The number of anilines is 1. The summed E-state index contributed by atoms with van der Waals surface area (Å²) >= 11 is 12.1. The minimum absolute atomic E-state index is 0.277. The standard InChI is InChI=1S/C11H15BrN2O.C7H14O.C5H3BrClN/c1-8-6-14(7-9(2)15-8)11-4-3-10(12)5-13-11;1-6-4-3-5-7(2)8-6;6-4-1-2-5(7)8-3-4/h3-5,8-9H,6-7H2,1-2H3;6-7H,3-5H2,1-2H3;1-3H/t8-,9+;6-,7+;. The second-order valence-electron chi connectivity index (χ2n) is 7.98. The lowest BCUT2D eigenvalue weighted by Crippen LogP contribution is -2.45. The normalized spacial score (nSPS) is 25.6. The van der Waals surface area contributed by atoms with Crippen LogP contribution in [-0.2, 0) is 9.47 Å². The fourth-order valence-corrected chi connectivity index (χ4v) is 4.08. The molecule has 2 aromatic heterocycles. The molecular weight excluding hydrogens is 546 g/mol. The molecule has 0 bridgehead atoms. The zero-order valence-corrected chi connectivity index (χ0v) is 22.5. The van der Waals surface area contributed by atoms with E-state index in [0.29, 0.717) is 17.4 Å². The Balaban J connectivity index is 0.000000181. The highest BCUT2D eigenvalue weighted by Crippen LogP contribution is 2.20. The summed E-state index contributed by atoms with van der Waals surface area (Å²) in [6.45, 7) is 10.3. The SMILES string of the molecule is C[C@@H]1CCC[C@H](C)O1.C[C@@H]1CN(c2ccc(Br)cn2)C[C@H](C)O1.Clc1ccc(Br)cn1. The molecule has 2 aromatic rings. The van der Waals surface area contributed by atoms with E-state index in [2.05, 4.69) is 74.4 Å². The fourth-order valence-electron chi connectivity index (χ4n) is 3.50. The molecule has 172 valence electrons. The molecule has 31 heavy (non-hydrogen) atoms. The van der Waals surface area contributed by atoms with Crippen LogP contribution in [0.4, 0.5) is 5.82 Å². The molecular formula is C23H32Br2ClN3O2. The highest BCUT2D eigenvalue weighted by Gasteiger charge is 2.22. The van der Waals surface area contributed by atoms with Crippen molar-refractivity contribution in [1.82, 2.24) is 9.97 Å². The smallest absolute Gasteiger partial charge is 0.129 e. The molecule has 0 saturated carbocycles. The van der Waals surface area contributed by atoms with Crippen LogP contribution < -0.4 is 4.90 Å². The lowest BCUT2D eigenvalue weighted by molar-refractivity contribution is -0.0292. The van der Waals surface area contributed by atoms with Crippen molar-refractivity contribution in [1.29, 1.82) is 0 Å². The van der Waals surface area contributed by atoms with Crippen LogP contribution in [0.1, 0.15) is 47.0 Å². The van der Waals surface area contributed by atoms with Crippen molar-refractivity contribution < 1.29 is 9.47 Å². The molecule has 2 aliphatic rings. The highest BCUT2D eigenvalue weighted by molar-refractivity contribution is 9.10. The van der Waals surface area contributed by atoms with Crippen molar-refractivity contribution in [2.75, 3.05) is 18.0 Å². The average Bonchev–Trinajstić information content (AvgIpc) is 2.71. The van der Waals surface area contributed by atoms with Crippen LogP contribution in [0.3, 0.4) is 0 Å². The first-order chi connectivity index (χ1) is 14.7. The Hall–Kier alpha value is -0.730. The van der Waals surface area contributed by atoms with Crippen LogP contribution in [0.15, 0.2) is 45.6 Å². The van der Waals surface area contributed by atoms with E-state index in [-0.39, 0.29) is 12.2 Å². The van der Waals surface area contributed by atoms with Gasteiger partial charge in [-0.1, -0.05) is 11.6 Å². The zero-order chi connectivity index (χ0) is 22.8. The molecule has 0 radical (unpaired) electrons. The van der Waals surface area contributed by atoms with Crippen LogP contribution in [0.5, 0.6) is 0 Å². The molecule has 4 atom stereocenters. The number of hydrogen-bond donors (Lipinski definition) is 0. The molecule has 2 aliphatic heterocycles. The molecule has 2 saturated heterocycles. The predicted molar refractivity (Wildman–Crippen MR) is 135 cm³/mol. The van der Waals surface area contributed by atoms with E-state index in [1.165, 1.54) is 19.3 Å². The quantitative estimate of drug-likeness (QED) is 0.345. The van der Waals surface area contributed by atoms with Gasteiger partial charge in [-0.3, -0.25) is 0 Å². The monoisotopic (exact) mass is 575 g/mol. The van der Waals surface area contributed by atoms with Crippen molar-refractivity contribution >= 4 is 49.3 Å². The summed E-state index contributed by atoms with van der Waals surface area (Å²) in [6.07, 6.45) is 8.93. The van der Waals surface area contributed by atoms with E-state index in [4.69, 9.17) is 21.1 Å². The minimum atomic E-state index is 0.277. The summed E-state index contributed by atoms with van der Waals surface area (Å²) in [6, 6.07) is 7.63. The Morgan fingerprint density at radius 2 is 1.32 bits per heavy atom. The zero-order valence-electron chi connectivity index (χ0n) is 18.6. The van der Waals surface area contributed by atoms with Crippen molar-refractivity contribution in [2.45, 2.75) is 71.4 Å². The first-order valence-electron chi connectivity index (χ1n) is 10.7. The van der Waals surface area contributed by atoms with Crippen molar-refractivity contribution in [3.63, 3.8) is 0 Å². The van der Waals surface area contributed by atoms with Crippen molar-refractivity contribution in [3.05, 3.63) is 50.8 Å². The van der Waals surface area contributed by atoms with Gasteiger partial charge in [-0.15, -0.1) is 0 Å². The van der Waals surface area contributed by atoms with E-state index < -0.39 is 0 Å². The molecule has 4 heterocycles. The average molecular weight is 578 g/mol. The van der Waals surface area contributed by atoms with Crippen LogP contribution in [0.25, 0.3) is 0 Å². The van der Waals surface area contributed by atoms with E-state index in [1.54, 1.807) is 12.3 Å². The summed E-state index contributed by atoms with van der Waals surface area (Å²) in [5, 5.41) is 0.521. The maximum absolute atomic E-state index is 5.68. The molecule has 8 heteroatoms. The van der Waals surface area contributed by atoms with E-state index in [9.17, 15) is 0 Å². The second-order valence-corrected chi connectivity index (χ2v) is 10.2. The van der Waals surface area contributed by atoms with Gasteiger partial charge in [0.15, 0.2) is 0 Å². The Kier molecular flexibility index (Phi) is 11.8. The number of morpholine rings is 1. The lowest BCUT2D eigenvalue weighted by Gasteiger charge is -2.36. The summed E-state index contributed by atoms with van der Waals surface area (Å²) in [5.41, 5.74) is 0. The lowest BCUT2D eigenvalue weighted by atomic mass is 10.1. The summed E-state index contributed by atoms with van der Waals surface area (Å²) < 4.78 is 13.1. The number of halogens is 3. The fraction of sp³-hybridized carbons (Fsp3) is 0.565. The van der Waals surface area contributed by atoms with Crippen LogP contribution in [-0.4, -0.2) is 47.5 Å². The Morgan fingerprint density at radius 3 is 1.71 bits per heavy atom. The van der Waals surface area contributed by atoms with Crippen LogP contribution in [0, 0.1) is 0 Å². The van der Waals surface area contributed by atoms with Gasteiger partial charge < -0.3 is 14.4 Å². The van der Waals surface area contributed by atoms with E-state index in [0.717, 1.165) is 27.9 Å². The van der Waals surface area contributed by atoms with Gasteiger partial charge in [0.25, 0.3) is 0 Å². The molecule has 4 rings (SSSR count). The van der Waals surface area contributed by atoms with Crippen molar-refractivity contribution in [3.8, 4) is 0 Å². The van der Waals surface area contributed by atoms with Gasteiger partial charge in [0, 0.05) is 34.4 Å². The summed E-state index contributed by atoms with van der Waals surface area (Å²) in [5.74, 6) is 1.03. The molecule has 0 aromatic carbocycles. The second kappa shape index (κ2) is 13.7. The first kappa shape index (κ1) is 26.5. The Labute approximate surface area is 208 Å². The molecule has 0 amide bonds. The largest absolute Gasteiger partial charge is 0.376 e. The van der Waals surface area contributed by atoms with Crippen molar-refractivity contribution in [2.24, 2.45) is 0 Å². The first-order valence-corrected chi connectivity index (χ1v) is 12.6. The van der Waals surface area contributed by atoms with Crippen LogP contribution >= 0.6 is 43.5 Å². The maximum Gasteiger partial charge on any atom is 0.129 e. The Bertz CT molecular complexity index is 725. The van der Waals surface area contributed by atoms with Gasteiger partial charge in [0.05, 0.1) is 24.4 Å². The number of nitrogens with zero attached hydrogens (tertiary/aromatic N) is 3. The number of rotatable bonds is 1. The topological polar surface area (TPSA) is 47.5 Å². The molecule has 2 fully saturated rings.